The molecule has 0 saturated heterocycles. The van der Waals surface area contributed by atoms with Gasteiger partial charge < -0.3 is 10.1 Å². The van der Waals surface area contributed by atoms with Gasteiger partial charge in [-0.25, -0.2) is 0 Å². The zero-order valence-electron chi connectivity index (χ0n) is 12.5. The zero-order chi connectivity index (χ0) is 13.6. The van der Waals surface area contributed by atoms with Gasteiger partial charge >= 0.3 is 5.97 Å². The lowest BCUT2D eigenvalue weighted by molar-refractivity contribution is -0.153. The molecule has 0 amide bonds. The summed E-state index contributed by atoms with van der Waals surface area (Å²) < 4.78 is 5.24. The fraction of sp³-hybridized carbons (Fsp3) is 0.929. The van der Waals surface area contributed by atoms with Crippen molar-refractivity contribution in [1.82, 2.24) is 5.32 Å². The second kappa shape index (κ2) is 7.00. The summed E-state index contributed by atoms with van der Waals surface area (Å²) in [5.74, 6) is 1.67. The second-order valence-corrected chi connectivity index (χ2v) is 6.37. The molecule has 0 fully saturated rings. The maximum absolute atomic E-state index is 11.5. The minimum absolute atomic E-state index is 0.177. The number of carbonyl (C=O) groups is 1. The topological polar surface area (TPSA) is 38.3 Å². The fourth-order valence-electron chi connectivity index (χ4n) is 1.96. The molecule has 0 radical (unpaired) electrons. The summed E-state index contributed by atoms with van der Waals surface area (Å²) in [6.07, 6.45) is 0. The molecule has 0 aliphatic carbocycles. The van der Waals surface area contributed by atoms with Crippen molar-refractivity contribution < 1.29 is 9.53 Å². The number of ether oxygens (including phenoxy) is 1. The molecule has 17 heavy (non-hydrogen) atoms. The molecule has 0 bridgehead atoms. The van der Waals surface area contributed by atoms with E-state index >= 15 is 0 Å². The molecule has 3 nitrogen and oxygen atoms in total. The van der Waals surface area contributed by atoms with E-state index in [0.717, 1.165) is 6.54 Å². The van der Waals surface area contributed by atoms with Crippen LogP contribution in [-0.4, -0.2) is 24.7 Å². The van der Waals surface area contributed by atoms with E-state index in [9.17, 15) is 4.79 Å². The Morgan fingerprint density at radius 2 is 1.59 bits per heavy atom. The summed E-state index contributed by atoms with van der Waals surface area (Å²) >= 11 is 0. The van der Waals surface area contributed by atoms with Crippen LogP contribution < -0.4 is 5.32 Å². The predicted octanol–water partition coefficient (Wildman–Crippen LogP) is 2.85. The van der Waals surface area contributed by atoms with Crippen molar-refractivity contribution in [1.29, 1.82) is 0 Å². The fourth-order valence-corrected chi connectivity index (χ4v) is 1.96. The quantitative estimate of drug-likeness (QED) is 0.729. The van der Waals surface area contributed by atoms with E-state index < -0.39 is 5.60 Å². The minimum atomic E-state index is -0.395. The largest absolute Gasteiger partial charge is 0.459 e. The molecule has 0 rings (SSSR count). The molecule has 0 aromatic rings. The molecule has 0 atom stereocenters. The smallest absolute Gasteiger partial charge is 0.320 e. The van der Waals surface area contributed by atoms with Crippen molar-refractivity contribution in [2.24, 2.45) is 17.8 Å². The third-order valence-electron chi connectivity index (χ3n) is 2.78. The van der Waals surface area contributed by atoms with Crippen molar-refractivity contribution in [3.63, 3.8) is 0 Å². The highest BCUT2D eigenvalue weighted by molar-refractivity contribution is 5.72. The number of hydrogen-bond acceptors (Lipinski definition) is 3. The summed E-state index contributed by atoms with van der Waals surface area (Å²) in [5, 5.41) is 3.20. The molecule has 102 valence electrons. The van der Waals surface area contributed by atoms with E-state index in [4.69, 9.17) is 4.74 Å². The van der Waals surface area contributed by atoms with Crippen LogP contribution in [0.1, 0.15) is 48.5 Å². The van der Waals surface area contributed by atoms with Gasteiger partial charge in [0.05, 0.1) is 6.54 Å². The highest BCUT2D eigenvalue weighted by Crippen LogP contribution is 2.19. The third-order valence-corrected chi connectivity index (χ3v) is 2.78. The van der Waals surface area contributed by atoms with Crippen LogP contribution in [0.15, 0.2) is 0 Å². The first-order valence-corrected chi connectivity index (χ1v) is 6.56. The van der Waals surface area contributed by atoms with E-state index in [1.807, 2.05) is 20.8 Å². The van der Waals surface area contributed by atoms with Gasteiger partial charge in [-0.2, -0.15) is 0 Å². The average Bonchev–Trinajstić information content (AvgIpc) is 2.07. The van der Waals surface area contributed by atoms with Gasteiger partial charge in [0.2, 0.25) is 0 Å². The first-order valence-electron chi connectivity index (χ1n) is 6.56. The van der Waals surface area contributed by atoms with Crippen LogP contribution in [-0.2, 0) is 9.53 Å². The van der Waals surface area contributed by atoms with E-state index in [-0.39, 0.29) is 5.97 Å². The van der Waals surface area contributed by atoms with E-state index in [1.165, 1.54) is 0 Å². The van der Waals surface area contributed by atoms with Crippen molar-refractivity contribution >= 4 is 5.97 Å². The maximum atomic E-state index is 11.5. The minimum Gasteiger partial charge on any atom is -0.459 e. The molecule has 0 aliphatic heterocycles. The van der Waals surface area contributed by atoms with Crippen LogP contribution in [0.5, 0.6) is 0 Å². The van der Waals surface area contributed by atoms with Gasteiger partial charge in [-0.1, -0.05) is 27.7 Å². The lowest BCUT2D eigenvalue weighted by atomic mass is 9.85. The molecule has 1 N–H and O–H groups in total. The molecule has 0 spiro atoms. The Morgan fingerprint density at radius 1 is 1.12 bits per heavy atom. The maximum Gasteiger partial charge on any atom is 0.320 e. The highest BCUT2D eigenvalue weighted by Gasteiger charge is 2.19. The molecule has 0 aromatic carbocycles. The average molecular weight is 243 g/mol. The monoisotopic (exact) mass is 243 g/mol. The first kappa shape index (κ1) is 16.4. The molecule has 0 unspecified atom stereocenters. The Bertz CT molecular complexity index is 221. The number of hydrogen-bond donors (Lipinski definition) is 1. The summed E-state index contributed by atoms with van der Waals surface area (Å²) in [6.45, 7) is 15.7. The zero-order valence-corrected chi connectivity index (χ0v) is 12.5. The van der Waals surface area contributed by atoms with Gasteiger partial charge in [0.25, 0.3) is 0 Å². The van der Waals surface area contributed by atoms with Crippen molar-refractivity contribution in [2.75, 3.05) is 13.1 Å². The Hall–Kier alpha value is -0.570. The number of esters is 1. The summed E-state index contributed by atoms with van der Waals surface area (Å²) in [5.41, 5.74) is -0.395. The Morgan fingerprint density at radius 3 is 1.94 bits per heavy atom. The molecule has 3 heteroatoms. The van der Waals surface area contributed by atoms with Crippen LogP contribution in [0.3, 0.4) is 0 Å². The lowest BCUT2D eigenvalue weighted by Crippen LogP contribution is -2.36. The van der Waals surface area contributed by atoms with Crippen LogP contribution in [0, 0.1) is 17.8 Å². The van der Waals surface area contributed by atoms with Gasteiger partial charge in [-0.15, -0.1) is 0 Å². The molecule has 0 heterocycles. The second-order valence-electron chi connectivity index (χ2n) is 6.37. The highest BCUT2D eigenvalue weighted by atomic mass is 16.6. The molecule has 0 aromatic heterocycles. The van der Waals surface area contributed by atoms with Gasteiger partial charge in [0.1, 0.15) is 5.60 Å². The van der Waals surface area contributed by atoms with Crippen molar-refractivity contribution in [2.45, 2.75) is 54.1 Å². The molecular weight excluding hydrogens is 214 g/mol. The predicted molar refractivity (Wildman–Crippen MR) is 71.9 cm³/mol. The molecule has 0 aliphatic rings. The lowest BCUT2D eigenvalue weighted by Gasteiger charge is -2.25. The first-order chi connectivity index (χ1) is 7.63. The Labute approximate surface area is 106 Å². The van der Waals surface area contributed by atoms with Crippen LogP contribution in [0.2, 0.25) is 0 Å². The SMILES string of the molecule is CC(C)C(CNCC(=O)OC(C)(C)C)C(C)C. The number of nitrogens with one attached hydrogen (secondary N) is 1. The number of rotatable bonds is 6. The van der Waals surface area contributed by atoms with E-state index in [2.05, 4.69) is 33.0 Å². The summed E-state index contributed by atoms with van der Waals surface area (Å²) in [7, 11) is 0. The van der Waals surface area contributed by atoms with Crippen LogP contribution >= 0.6 is 0 Å². The van der Waals surface area contributed by atoms with Gasteiger partial charge in [0, 0.05) is 0 Å². The van der Waals surface area contributed by atoms with Crippen LogP contribution in [0.4, 0.5) is 0 Å². The summed E-state index contributed by atoms with van der Waals surface area (Å²) in [6, 6.07) is 0. The van der Waals surface area contributed by atoms with Gasteiger partial charge in [0.15, 0.2) is 0 Å². The van der Waals surface area contributed by atoms with Crippen molar-refractivity contribution in [3.8, 4) is 0 Å². The Balaban J connectivity index is 3.93. The van der Waals surface area contributed by atoms with E-state index in [1.54, 1.807) is 0 Å². The normalized spacial score (nSPS) is 12.6. The third kappa shape index (κ3) is 8.19. The Kier molecular flexibility index (Phi) is 6.76. The van der Waals surface area contributed by atoms with Gasteiger partial charge in [-0.05, 0) is 45.1 Å². The van der Waals surface area contributed by atoms with E-state index in [0.29, 0.717) is 24.3 Å². The molecular formula is C14H29NO2. The van der Waals surface area contributed by atoms with Gasteiger partial charge in [-0.3, -0.25) is 4.79 Å². The van der Waals surface area contributed by atoms with Crippen LogP contribution in [0.25, 0.3) is 0 Å². The van der Waals surface area contributed by atoms with Crippen molar-refractivity contribution in [3.05, 3.63) is 0 Å². The number of carbonyl (C=O) groups excluding carboxylic acids is 1. The summed E-state index contributed by atoms with van der Waals surface area (Å²) in [4.78, 5) is 11.5. The molecule has 0 saturated carbocycles. The standard InChI is InChI=1S/C14H29NO2/c1-10(2)12(11(3)4)8-15-9-13(16)17-14(5,6)7/h10-12,15H,8-9H2,1-7H3.